The molecule has 2 aromatic rings. The number of ketones is 1. The lowest BCUT2D eigenvalue weighted by atomic mass is 10.2. The van der Waals surface area contributed by atoms with Crippen LogP contribution in [-0.4, -0.2) is 15.6 Å². The van der Waals surface area contributed by atoms with Crippen LogP contribution in [0, 0.1) is 6.92 Å². The zero-order valence-corrected chi connectivity index (χ0v) is 14.9. The molecule has 0 amide bonds. The van der Waals surface area contributed by atoms with E-state index in [1.54, 1.807) is 17.4 Å². The van der Waals surface area contributed by atoms with Gasteiger partial charge in [0.05, 0.1) is 10.6 Å². The van der Waals surface area contributed by atoms with Crippen molar-refractivity contribution in [1.82, 2.24) is 9.78 Å². The first-order chi connectivity index (χ1) is 10.0. The summed E-state index contributed by atoms with van der Waals surface area (Å²) in [5.41, 5.74) is 1.94. The van der Waals surface area contributed by atoms with Gasteiger partial charge in [-0.25, -0.2) is 0 Å². The lowest BCUT2D eigenvalue weighted by Gasteiger charge is -1.92. The van der Waals surface area contributed by atoms with Crippen molar-refractivity contribution in [3.63, 3.8) is 0 Å². The monoisotopic (exact) mass is 366 g/mol. The van der Waals surface area contributed by atoms with Gasteiger partial charge < -0.3 is 0 Å². The Labute approximate surface area is 137 Å². The molecule has 0 aliphatic heterocycles. The van der Waals surface area contributed by atoms with Gasteiger partial charge >= 0.3 is 0 Å². The number of carbonyl (C=O) groups is 1. The van der Waals surface area contributed by atoms with E-state index in [-0.39, 0.29) is 5.78 Å². The third-order valence-electron chi connectivity index (χ3n) is 3.20. The molecule has 112 valence electrons. The van der Waals surface area contributed by atoms with E-state index in [0.717, 1.165) is 40.0 Å². The van der Waals surface area contributed by atoms with Crippen molar-refractivity contribution in [2.75, 3.05) is 0 Å². The van der Waals surface area contributed by atoms with E-state index in [2.05, 4.69) is 28.0 Å². The van der Waals surface area contributed by atoms with Crippen molar-refractivity contribution >= 4 is 39.1 Å². The van der Waals surface area contributed by atoms with Gasteiger partial charge in [0, 0.05) is 27.7 Å². The second-order valence-electron chi connectivity index (χ2n) is 4.85. The van der Waals surface area contributed by atoms with Crippen LogP contribution < -0.4 is 0 Å². The van der Waals surface area contributed by atoms with Gasteiger partial charge in [-0.3, -0.25) is 9.48 Å². The summed E-state index contributed by atoms with van der Waals surface area (Å²) >= 11 is 5.10. The minimum atomic E-state index is 0.0479. The Morgan fingerprint density at radius 1 is 1.48 bits per heavy atom. The van der Waals surface area contributed by atoms with E-state index in [0.29, 0.717) is 0 Å². The van der Waals surface area contributed by atoms with Gasteiger partial charge in [0.25, 0.3) is 0 Å². The maximum Gasteiger partial charge on any atom is 0.195 e. The summed E-state index contributed by atoms with van der Waals surface area (Å²) in [5.74, 6) is 0.0479. The molecule has 0 aliphatic carbocycles. The van der Waals surface area contributed by atoms with Crippen molar-refractivity contribution in [2.45, 2.75) is 40.2 Å². The SMILES string of the molecule is CCCc1sc(C(=O)/C=C/c2cn(CC)nc2C)cc1Br. The Morgan fingerprint density at radius 3 is 2.86 bits per heavy atom. The molecule has 2 rings (SSSR count). The van der Waals surface area contributed by atoms with E-state index >= 15 is 0 Å². The standard InChI is InChI=1S/C16H19BrN2OS/c1-4-6-15-13(17)9-16(21-15)14(20)8-7-12-10-19(5-2)18-11(12)3/h7-10H,4-6H2,1-3H3/b8-7+. The number of nitrogens with zero attached hydrogens (tertiary/aromatic N) is 2. The molecule has 0 unspecified atom stereocenters. The third kappa shape index (κ3) is 3.92. The Kier molecular flexibility index (Phi) is 5.53. The fraction of sp³-hybridized carbons (Fsp3) is 0.375. The Hall–Kier alpha value is -1.20. The van der Waals surface area contributed by atoms with Gasteiger partial charge in [0.1, 0.15) is 0 Å². The Morgan fingerprint density at radius 2 is 2.24 bits per heavy atom. The van der Waals surface area contributed by atoms with Gasteiger partial charge in [0.15, 0.2) is 5.78 Å². The number of allylic oxidation sites excluding steroid dienone is 1. The first kappa shape index (κ1) is 16.2. The molecule has 0 aliphatic rings. The van der Waals surface area contributed by atoms with E-state index in [1.165, 1.54) is 4.88 Å². The smallest absolute Gasteiger partial charge is 0.195 e. The molecule has 3 nitrogen and oxygen atoms in total. The molecule has 2 aromatic heterocycles. The van der Waals surface area contributed by atoms with E-state index < -0.39 is 0 Å². The van der Waals surface area contributed by atoms with Crippen LogP contribution in [0.2, 0.25) is 0 Å². The average Bonchev–Trinajstić information content (AvgIpc) is 3.00. The van der Waals surface area contributed by atoms with Crippen molar-refractivity contribution in [3.8, 4) is 0 Å². The van der Waals surface area contributed by atoms with Crippen LogP contribution in [0.25, 0.3) is 6.08 Å². The number of carbonyl (C=O) groups excluding carboxylic acids is 1. The molecule has 5 heteroatoms. The summed E-state index contributed by atoms with van der Waals surface area (Å²) < 4.78 is 2.92. The molecule has 0 N–H and O–H groups in total. The summed E-state index contributed by atoms with van der Waals surface area (Å²) in [6, 6.07) is 1.92. The number of aromatic nitrogens is 2. The Bertz CT molecular complexity index is 670. The molecular weight excluding hydrogens is 348 g/mol. The number of thiophene rings is 1. The maximum absolute atomic E-state index is 12.3. The molecule has 21 heavy (non-hydrogen) atoms. The second kappa shape index (κ2) is 7.18. The first-order valence-electron chi connectivity index (χ1n) is 7.09. The van der Waals surface area contributed by atoms with Gasteiger partial charge in [-0.1, -0.05) is 13.3 Å². The zero-order valence-electron chi connectivity index (χ0n) is 12.5. The van der Waals surface area contributed by atoms with Crippen LogP contribution in [0.4, 0.5) is 0 Å². The molecular formula is C16H19BrN2OS. The van der Waals surface area contributed by atoms with Crippen LogP contribution in [0.1, 0.15) is 46.1 Å². The summed E-state index contributed by atoms with van der Waals surface area (Å²) in [7, 11) is 0. The van der Waals surface area contributed by atoms with Crippen LogP contribution in [0.3, 0.4) is 0 Å². The first-order valence-corrected chi connectivity index (χ1v) is 8.70. The molecule has 0 spiro atoms. The largest absolute Gasteiger partial charge is 0.288 e. The Balaban J connectivity index is 2.15. The van der Waals surface area contributed by atoms with Crippen molar-refractivity contribution in [2.24, 2.45) is 0 Å². The van der Waals surface area contributed by atoms with Crippen LogP contribution in [0.5, 0.6) is 0 Å². The molecule has 0 aromatic carbocycles. The minimum absolute atomic E-state index is 0.0479. The summed E-state index contributed by atoms with van der Waals surface area (Å²) in [4.78, 5) is 14.3. The second-order valence-corrected chi connectivity index (χ2v) is 6.85. The van der Waals surface area contributed by atoms with Crippen LogP contribution >= 0.6 is 27.3 Å². The maximum atomic E-state index is 12.3. The van der Waals surface area contributed by atoms with Gasteiger partial charge in [0.2, 0.25) is 0 Å². The molecule has 0 bridgehead atoms. The molecule has 0 saturated heterocycles. The fourth-order valence-corrected chi connectivity index (χ4v) is 3.93. The molecule has 2 heterocycles. The third-order valence-corrected chi connectivity index (χ3v) is 5.38. The van der Waals surface area contributed by atoms with Crippen LogP contribution in [0.15, 0.2) is 22.8 Å². The quantitative estimate of drug-likeness (QED) is 0.539. The van der Waals surface area contributed by atoms with E-state index in [4.69, 9.17) is 0 Å². The number of hydrogen-bond donors (Lipinski definition) is 0. The highest BCUT2D eigenvalue weighted by Crippen LogP contribution is 2.29. The average molecular weight is 367 g/mol. The van der Waals surface area contributed by atoms with E-state index in [9.17, 15) is 4.79 Å². The lowest BCUT2D eigenvalue weighted by Crippen LogP contribution is -1.93. The van der Waals surface area contributed by atoms with Gasteiger partial charge in [-0.2, -0.15) is 5.10 Å². The summed E-state index contributed by atoms with van der Waals surface area (Å²) in [6.07, 6.45) is 7.54. The number of halogens is 1. The topological polar surface area (TPSA) is 34.9 Å². The summed E-state index contributed by atoms with van der Waals surface area (Å²) in [6.45, 7) is 6.98. The van der Waals surface area contributed by atoms with E-state index in [1.807, 2.05) is 36.9 Å². The predicted octanol–water partition coefficient (Wildman–Crippen LogP) is 4.88. The minimum Gasteiger partial charge on any atom is -0.288 e. The van der Waals surface area contributed by atoms with Gasteiger partial charge in [-0.15, -0.1) is 11.3 Å². The van der Waals surface area contributed by atoms with Crippen LogP contribution in [-0.2, 0) is 13.0 Å². The zero-order chi connectivity index (χ0) is 15.4. The fourth-order valence-electron chi connectivity index (χ4n) is 2.03. The lowest BCUT2D eigenvalue weighted by molar-refractivity contribution is 0.105. The van der Waals surface area contributed by atoms with Crippen molar-refractivity contribution in [1.29, 1.82) is 0 Å². The summed E-state index contributed by atoms with van der Waals surface area (Å²) in [5, 5.41) is 4.37. The number of rotatable bonds is 6. The van der Waals surface area contributed by atoms with Gasteiger partial charge in [-0.05, 0) is 54.4 Å². The molecule has 0 saturated carbocycles. The predicted molar refractivity (Wildman–Crippen MR) is 92.0 cm³/mol. The highest BCUT2D eigenvalue weighted by atomic mass is 79.9. The highest BCUT2D eigenvalue weighted by molar-refractivity contribution is 9.10. The van der Waals surface area contributed by atoms with Crippen molar-refractivity contribution < 1.29 is 4.79 Å². The number of hydrogen-bond acceptors (Lipinski definition) is 3. The molecule has 0 atom stereocenters. The highest BCUT2D eigenvalue weighted by Gasteiger charge is 2.11. The normalized spacial score (nSPS) is 11.4. The van der Waals surface area contributed by atoms with Crippen molar-refractivity contribution in [3.05, 3.63) is 43.8 Å². The molecule has 0 fully saturated rings. The number of aryl methyl sites for hydroxylation is 3. The molecule has 0 radical (unpaired) electrons.